The normalized spacial score (nSPS) is 13.0. The van der Waals surface area contributed by atoms with Crippen LogP contribution in [0.5, 0.6) is 0 Å². The molecular formula is C29H38ClN3O3. The van der Waals surface area contributed by atoms with Crippen LogP contribution in [0.4, 0.5) is 17.1 Å². The second-order valence-corrected chi connectivity index (χ2v) is 9.95. The number of unbranched alkanes of at least 4 members (excludes halogenated alkanes) is 5. The lowest BCUT2D eigenvalue weighted by atomic mass is 10.1. The summed E-state index contributed by atoms with van der Waals surface area (Å²) in [6.45, 7) is 5.40. The molecule has 0 aliphatic heterocycles. The van der Waals surface area contributed by atoms with Crippen LogP contribution >= 0.6 is 11.6 Å². The number of aliphatic hydroxyl groups is 1. The van der Waals surface area contributed by atoms with E-state index in [-0.39, 0.29) is 6.04 Å². The van der Waals surface area contributed by atoms with E-state index in [0.717, 1.165) is 36.1 Å². The molecule has 0 radical (unpaired) electrons. The predicted octanol–water partition coefficient (Wildman–Crippen LogP) is 5.71. The molecule has 194 valence electrons. The molecule has 4 N–H and O–H groups in total. The molecule has 3 rings (SSSR count). The van der Waals surface area contributed by atoms with Crippen LogP contribution in [0.2, 0.25) is 5.02 Å². The Bertz CT molecular complexity index is 1160. The molecule has 3 aromatic carbocycles. The summed E-state index contributed by atoms with van der Waals surface area (Å²) in [7, 11) is 0. The van der Waals surface area contributed by atoms with Crippen molar-refractivity contribution in [2.75, 3.05) is 23.7 Å². The first kappa shape index (κ1) is 27.9. The summed E-state index contributed by atoms with van der Waals surface area (Å²) in [6.07, 6.45) is 7.21. The summed E-state index contributed by atoms with van der Waals surface area (Å²) in [5.74, 6) is 0. The third kappa shape index (κ3) is 8.19. The van der Waals surface area contributed by atoms with Gasteiger partial charge in [0, 0.05) is 29.8 Å². The fourth-order valence-corrected chi connectivity index (χ4v) is 4.44. The summed E-state index contributed by atoms with van der Waals surface area (Å²) in [5.41, 5.74) is 2.52. The third-order valence-electron chi connectivity index (χ3n) is 6.40. The topological polar surface area (TPSA) is 90.5 Å². The van der Waals surface area contributed by atoms with Gasteiger partial charge >= 0.3 is 0 Å². The average Bonchev–Trinajstić information content (AvgIpc) is 2.88. The van der Waals surface area contributed by atoms with E-state index in [1.54, 1.807) is 12.1 Å². The molecule has 0 saturated heterocycles. The minimum absolute atomic E-state index is 0.156. The van der Waals surface area contributed by atoms with Crippen LogP contribution in [-0.2, 0) is 6.42 Å². The van der Waals surface area contributed by atoms with Gasteiger partial charge in [0.1, 0.15) is 11.4 Å². The van der Waals surface area contributed by atoms with E-state index < -0.39 is 17.0 Å². The van der Waals surface area contributed by atoms with Crippen molar-refractivity contribution in [2.45, 2.75) is 70.9 Å². The number of benzene rings is 2. The maximum absolute atomic E-state index is 12.1. The molecular weight excluding hydrogens is 474 g/mol. The first-order valence-corrected chi connectivity index (χ1v) is 13.4. The number of hydrogen-bond donors (Lipinski definition) is 4. The zero-order chi connectivity index (χ0) is 25.9. The first-order chi connectivity index (χ1) is 17.4. The standard InChI is InChI=1S/C29H38ClN3O3/c1-3-4-5-6-7-8-16-31-26-27(29(36)28(26)35)33-24-14-12-21(13-15-24)17-20(2)32-19-25(34)22-10-9-11-23(30)18-22/h9-15,18,20,25,31-34H,3-8,16-17,19H2,1-2H3/t20?,25-/m0/s1. The third-order valence-corrected chi connectivity index (χ3v) is 6.64. The van der Waals surface area contributed by atoms with Gasteiger partial charge in [-0.1, -0.05) is 74.9 Å². The highest BCUT2D eigenvalue weighted by molar-refractivity contribution is 6.30. The molecule has 0 saturated carbocycles. The number of nitrogens with one attached hydrogen (secondary N) is 3. The highest BCUT2D eigenvalue weighted by atomic mass is 35.5. The van der Waals surface area contributed by atoms with Crippen molar-refractivity contribution >= 4 is 28.7 Å². The molecule has 2 atom stereocenters. The maximum atomic E-state index is 12.1. The van der Waals surface area contributed by atoms with Crippen LogP contribution in [0.3, 0.4) is 0 Å². The average molecular weight is 512 g/mol. The lowest BCUT2D eigenvalue weighted by molar-refractivity contribution is 0.170. The van der Waals surface area contributed by atoms with Crippen molar-refractivity contribution < 1.29 is 5.11 Å². The van der Waals surface area contributed by atoms with E-state index in [2.05, 4.69) is 29.8 Å². The van der Waals surface area contributed by atoms with E-state index in [9.17, 15) is 14.7 Å². The zero-order valence-corrected chi connectivity index (χ0v) is 22.0. The summed E-state index contributed by atoms with van der Waals surface area (Å²) in [5, 5.41) is 20.6. The highest BCUT2D eigenvalue weighted by Crippen LogP contribution is 2.22. The summed E-state index contributed by atoms with van der Waals surface area (Å²) < 4.78 is 0. The molecule has 3 aromatic rings. The van der Waals surface area contributed by atoms with Gasteiger partial charge in [0.2, 0.25) is 0 Å². The van der Waals surface area contributed by atoms with Crippen molar-refractivity contribution in [2.24, 2.45) is 0 Å². The van der Waals surface area contributed by atoms with Gasteiger partial charge in [0.05, 0.1) is 6.10 Å². The van der Waals surface area contributed by atoms with Crippen LogP contribution in [-0.4, -0.2) is 24.2 Å². The van der Waals surface area contributed by atoms with Crippen molar-refractivity contribution in [3.8, 4) is 0 Å². The lowest BCUT2D eigenvalue weighted by Gasteiger charge is -2.18. The van der Waals surface area contributed by atoms with Gasteiger partial charge in [0.15, 0.2) is 0 Å². The Balaban J connectivity index is 1.45. The maximum Gasteiger partial charge on any atom is 0.253 e. The second kappa shape index (κ2) is 14.2. The van der Waals surface area contributed by atoms with E-state index in [1.165, 1.54) is 25.7 Å². The van der Waals surface area contributed by atoms with Crippen LogP contribution in [0.25, 0.3) is 0 Å². The fraction of sp³-hybridized carbons (Fsp3) is 0.448. The molecule has 0 bridgehead atoms. The van der Waals surface area contributed by atoms with E-state index in [0.29, 0.717) is 29.5 Å². The Labute approximate surface area is 218 Å². The van der Waals surface area contributed by atoms with Crippen molar-refractivity contribution in [1.29, 1.82) is 0 Å². The molecule has 1 unspecified atom stereocenters. The van der Waals surface area contributed by atoms with Gasteiger partial charge in [-0.25, -0.2) is 0 Å². The Morgan fingerprint density at radius 2 is 1.61 bits per heavy atom. The number of aliphatic hydroxyl groups excluding tert-OH is 1. The van der Waals surface area contributed by atoms with Crippen LogP contribution in [0.1, 0.15) is 69.6 Å². The lowest BCUT2D eigenvalue weighted by Crippen LogP contribution is -2.36. The molecule has 0 fully saturated rings. The predicted molar refractivity (Wildman–Crippen MR) is 151 cm³/mol. The molecule has 0 aliphatic carbocycles. The SMILES string of the molecule is CCCCCCCCNc1c(Nc2ccc(CC(C)NC[C@H](O)c3cccc(Cl)c3)cc2)c(=O)c1=O. The number of hydrogen-bond acceptors (Lipinski definition) is 6. The largest absolute Gasteiger partial charge is 0.387 e. The van der Waals surface area contributed by atoms with Gasteiger partial charge < -0.3 is 21.1 Å². The second-order valence-electron chi connectivity index (χ2n) is 9.51. The van der Waals surface area contributed by atoms with Gasteiger partial charge in [-0.05, 0) is 55.2 Å². The Morgan fingerprint density at radius 3 is 2.33 bits per heavy atom. The molecule has 0 heterocycles. The Hall–Kier alpha value is -2.67. The molecule has 6 nitrogen and oxygen atoms in total. The summed E-state index contributed by atoms with van der Waals surface area (Å²) >= 11 is 6.01. The van der Waals surface area contributed by atoms with Crippen molar-refractivity contribution in [1.82, 2.24) is 5.32 Å². The molecule has 7 heteroatoms. The zero-order valence-electron chi connectivity index (χ0n) is 21.3. The van der Waals surface area contributed by atoms with Gasteiger partial charge in [-0.3, -0.25) is 9.59 Å². The summed E-state index contributed by atoms with van der Waals surface area (Å²) in [6, 6.07) is 15.2. The molecule has 0 amide bonds. The van der Waals surface area contributed by atoms with Gasteiger partial charge in [-0.2, -0.15) is 0 Å². The van der Waals surface area contributed by atoms with Crippen molar-refractivity contribution in [3.63, 3.8) is 0 Å². The van der Waals surface area contributed by atoms with Gasteiger partial charge in [-0.15, -0.1) is 0 Å². The fourth-order valence-electron chi connectivity index (χ4n) is 4.24. The van der Waals surface area contributed by atoms with Crippen LogP contribution in [0.15, 0.2) is 58.1 Å². The Morgan fingerprint density at radius 1 is 0.917 bits per heavy atom. The van der Waals surface area contributed by atoms with Gasteiger partial charge in [0.25, 0.3) is 10.9 Å². The smallest absolute Gasteiger partial charge is 0.253 e. The quantitative estimate of drug-likeness (QED) is 0.145. The number of halogens is 1. The minimum atomic E-state index is -0.627. The first-order valence-electron chi connectivity index (χ1n) is 13.0. The minimum Gasteiger partial charge on any atom is -0.387 e. The Kier molecular flexibility index (Phi) is 11.0. The van der Waals surface area contributed by atoms with E-state index >= 15 is 0 Å². The molecule has 0 aliphatic rings. The molecule has 36 heavy (non-hydrogen) atoms. The van der Waals surface area contributed by atoms with E-state index in [4.69, 9.17) is 11.6 Å². The number of anilines is 3. The molecule has 0 aromatic heterocycles. The monoisotopic (exact) mass is 511 g/mol. The number of rotatable bonds is 16. The highest BCUT2D eigenvalue weighted by Gasteiger charge is 2.20. The van der Waals surface area contributed by atoms with Crippen LogP contribution < -0.4 is 26.8 Å². The molecule has 0 spiro atoms. The summed E-state index contributed by atoms with van der Waals surface area (Å²) in [4.78, 5) is 24.1. The van der Waals surface area contributed by atoms with E-state index in [1.807, 2.05) is 36.4 Å². The van der Waals surface area contributed by atoms with Crippen LogP contribution in [0, 0.1) is 0 Å². The van der Waals surface area contributed by atoms with Crippen molar-refractivity contribution in [3.05, 3.63) is 85.1 Å².